The molecule has 0 aliphatic carbocycles. The Balaban J connectivity index is 2.84. The van der Waals surface area contributed by atoms with Crippen LogP contribution in [0.15, 0.2) is 24.3 Å². The predicted molar refractivity (Wildman–Crippen MR) is 59.1 cm³/mol. The molecule has 0 aromatic heterocycles. The van der Waals surface area contributed by atoms with E-state index in [-0.39, 0.29) is 0 Å². The highest BCUT2D eigenvalue weighted by molar-refractivity contribution is 6.32. The zero-order valence-electron chi connectivity index (χ0n) is 8.49. The van der Waals surface area contributed by atoms with Gasteiger partial charge in [0.25, 0.3) is 0 Å². The highest BCUT2D eigenvalue weighted by Gasteiger charge is 2.00. The van der Waals surface area contributed by atoms with Crippen molar-refractivity contribution in [2.45, 2.75) is 0 Å². The summed E-state index contributed by atoms with van der Waals surface area (Å²) in [4.78, 5) is 10.8. The number of halogens is 1. The molecule has 0 spiro atoms. The van der Waals surface area contributed by atoms with Gasteiger partial charge in [0.05, 0.1) is 19.2 Å². The Morgan fingerprint density at radius 3 is 2.67 bits per heavy atom. The van der Waals surface area contributed by atoms with Crippen molar-refractivity contribution in [3.63, 3.8) is 0 Å². The summed E-state index contributed by atoms with van der Waals surface area (Å²) in [7, 11) is 2.87. The van der Waals surface area contributed by atoms with Gasteiger partial charge >= 0.3 is 5.97 Å². The minimum Gasteiger partial charge on any atom is -0.495 e. The normalized spacial score (nSPS) is 10.3. The monoisotopic (exact) mass is 226 g/mol. The summed E-state index contributed by atoms with van der Waals surface area (Å²) in [5, 5.41) is 0.504. The molecule has 1 aromatic rings. The summed E-state index contributed by atoms with van der Waals surface area (Å²) in [6.07, 6.45) is 2.95. The number of ether oxygens (including phenoxy) is 2. The fourth-order valence-electron chi connectivity index (χ4n) is 1.02. The minimum atomic E-state index is -0.401. The standard InChI is InChI=1S/C11H11ClO3/c1-14-10-5-3-8(7-9(10)12)4-6-11(13)15-2/h3-7H,1-2H3/b6-4+. The number of benzene rings is 1. The van der Waals surface area contributed by atoms with E-state index < -0.39 is 5.97 Å². The maximum atomic E-state index is 10.8. The van der Waals surface area contributed by atoms with E-state index in [1.807, 2.05) is 0 Å². The molecule has 80 valence electrons. The molecule has 0 radical (unpaired) electrons. The molecule has 0 aliphatic heterocycles. The highest BCUT2D eigenvalue weighted by atomic mass is 35.5. The van der Waals surface area contributed by atoms with E-state index in [1.165, 1.54) is 13.2 Å². The molecule has 0 fully saturated rings. The molecule has 3 nitrogen and oxygen atoms in total. The molecule has 1 rings (SSSR count). The van der Waals surface area contributed by atoms with Gasteiger partial charge in [-0.05, 0) is 23.8 Å². The summed E-state index contributed by atoms with van der Waals surface area (Å²) in [6, 6.07) is 5.24. The second-order valence-corrected chi connectivity index (χ2v) is 3.16. The lowest BCUT2D eigenvalue weighted by molar-refractivity contribution is -0.134. The summed E-state index contributed by atoms with van der Waals surface area (Å²) >= 11 is 5.90. The summed E-state index contributed by atoms with van der Waals surface area (Å²) in [5.41, 5.74) is 0.811. The second-order valence-electron chi connectivity index (χ2n) is 2.75. The Hall–Kier alpha value is -1.48. The van der Waals surface area contributed by atoms with E-state index in [1.54, 1.807) is 31.4 Å². The fourth-order valence-corrected chi connectivity index (χ4v) is 1.28. The van der Waals surface area contributed by atoms with Crippen LogP contribution in [0.3, 0.4) is 0 Å². The summed E-state index contributed by atoms with van der Waals surface area (Å²) in [5.74, 6) is 0.203. The van der Waals surface area contributed by atoms with Gasteiger partial charge in [0.2, 0.25) is 0 Å². The van der Waals surface area contributed by atoms with Crippen LogP contribution in [0.2, 0.25) is 5.02 Å². The molecule has 0 bridgehead atoms. The van der Waals surface area contributed by atoms with Crippen molar-refractivity contribution in [1.29, 1.82) is 0 Å². The van der Waals surface area contributed by atoms with Crippen LogP contribution >= 0.6 is 11.6 Å². The van der Waals surface area contributed by atoms with Gasteiger partial charge in [0.1, 0.15) is 5.75 Å². The lowest BCUT2D eigenvalue weighted by Gasteiger charge is -2.02. The molecule has 15 heavy (non-hydrogen) atoms. The third kappa shape index (κ3) is 3.29. The molecule has 4 heteroatoms. The Morgan fingerprint density at radius 1 is 1.40 bits per heavy atom. The number of esters is 1. The van der Waals surface area contributed by atoms with Gasteiger partial charge in [-0.15, -0.1) is 0 Å². The van der Waals surface area contributed by atoms with Crippen LogP contribution in [0.4, 0.5) is 0 Å². The van der Waals surface area contributed by atoms with E-state index >= 15 is 0 Å². The van der Waals surface area contributed by atoms with E-state index in [0.29, 0.717) is 10.8 Å². The van der Waals surface area contributed by atoms with Crippen molar-refractivity contribution in [3.05, 3.63) is 34.9 Å². The van der Waals surface area contributed by atoms with Crippen LogP contribution in [-0.4, -0.2) is 20.2 Å². The number of rotatable bonds is 3. The van der Waals surface area contributed by atoms with Crippen LogP contribution in [0.5, 0.6) is 5.75 Å². The fraction of sp³-hybridized carbons (Fsp3) is 0.182. The Kier molecular flexibility index (Phi) is 4.18. The molecule has 0 heterocycles. The molecule has 0 amide bonds. The zero-order chi connectivity index (χ0) is 11.3. The van der Waals surface area contributed by atoms with E-state index in [2.05, 4.69) is 4.74 Å². The van der Waals surface area contributed by atoms with Crippen LogP contribution in [0.1, 0.15) is 5.56 Å². The van der Waals surface area contributed by atoms with Crippen molar-refractivity contribution in [3.8, 4) is 5.75 Å². The lowest BCUT2D eigenvalue weighted by atomic mass is 10.2. The van der Waals surface area contributed by atoms with Crippen molar-refractivity contribution < 1.29 is 14.3 Å². The van der Waals surface area contributed by atoms with Crippen LogP contribution in [-0.2, 0) is 9.53 Å². The first kappa shape index (κ1) is 11.6. The zero-order valence-corrected chi connectivity index (χ0v) is 9.25. The van der Waals surface area contributed by atoms with Crippen LogP contribution in [0.25, 0.3) is 6.08 Å². The van der Waals surface area contributed by atoms with Gasteiger partial charge in [0, 0.05) is 6.08 Å². The molecular weight excluding hydrogens is 216 g/mol. The molecule has 0 saturated carbocycles. The molecule has 1 aromatic carbocycles. The molecule has 0 unspecified atom stereocenters. The lowest BCUT2D eigenvalue weighted by Crippen LogP contribution is -1.93. The second kappa shape index (κ2) is 5.41. The number of hydrogen-bond acceptors (Lipinski definition) is 3. The molecular formula is C11H11ClO3. The molecule has 0 N–H and O–H groups in total. The largest absolute Gasteiger partial charge is 0.495 e. The molecule has 0 atom stereocenters. The SMILES string of the molecule is COC(=O)/C=C/c1ccc(OC)c(Cl)c1. The quantitative estimate of drug-likeness (QED) is 0.587. The van der Waals surface area contributed by atoms with E-state index in [0.717, 1.165) is 5.56 Å². The molecule has 0 saturated heterocycles. The van der Waals surface area contributed by atoms with Gasteiger partial charge < -0.3 is 9.47 Å². The average Bonchev–Trinajstić information content (AvgIpc) is 2.26. The first-order valence-electron chi connectivity index (χ1n) is 4.27. The smallest absolute Gasteiger partial charge is 0.330 e. The minimum absolute atomic E-state index is 0.401. The number of hydrogen-bond donors (Lipinski definition) is 0. The van der Waals surface area contributed by atoms with Crippen LogP contribution in [0, 0.1) is 0 Å². The Bertz CT molecular complexity index is 385. The summed E-state index contributed by atoms with van der Waals surface area (Å²) < 4.78 is 9.46. The van der Waals surface area contributed by atoms with Gasteiger partial charge in [-0.25, -0.2) is 4.79 Å². The van der Waals surface area contributed by atoms with Crippen molar-refractivity contribution in [2.75, 3.05) is 14.2 Å². The van der Waals surface area contributed by atoms with Gasteiger partial charge in [-0.2, -0.15) is 0 Å². The number of carbonyl (C=O) groups is 1. The number of carbonyl (C=O) groups excluding carboxylic acids is 1. The van der Waals surface area contributed by atoms with E-state index in [9.17, 15) is 4.79 Å². The Morgan fingerprint density at radius 2 is 2.13 bits per heavy atom. The first-order chi connectivity index (χ1) is 7.17. The third-order valence-electron chi connectivity index (χ3n) is 1.79. The topological polar surface area (TPSA) is 35.5 Å². The average molecular weight is 227 g/mol. The van der Waals surface area contributed by atoms with Crippen LogP contribution < -0.4 is 4.74 Å². The highest BCUT2D eigenvalue weighted by Crippen LogP contribution is 2.25. The third-order valence-corrected chi connectivity index (χ3v) is 2.08. The number of methoxy groups -OCH3 is 2. The maximum Gasteiger partial charge on any atom is 0.330 e. The predicted octanol–water partition coefficient (Wildman–Crippen LogP) is 2.53. The first-order valence-corrected chi connectivity index (χ1v) is 4.64. The maximum absolute atomic E-state index is 10.8. The Labute approximate surface area is 93.3 Å². The van der Waals surface area contributed by atoms with Gasteiger partial charge in [-0.1, -0.05) is 17.7 Å². The summed E-state index contributed by atoms with van der Waals surface area (Å²) in [6.45, 7) is 0. The van der Waals surface area contributed by atoms with Gasteiger partial charge in [-0.3, -0.25) is 0 Å². The van der Waals surface area contributed by atoms with E-state index in [4.69, 9.17) is 16.3 Å². The molecule has 0 aliphatic rings. The van der Waals surface area contributed by atoms with Crippen molar-refractivity contribution in [1.82, 2.24) is 0 Å². The van der Waals surface area contributed by atoms with Gasteiger partial charge in [0.15, 0.2) is 0 Å². The van der Waals surface area contributed by atoms with Crippen molar-refractivity contribution in [2.24, 2.45) is 0 Å². The van der Waals surface area contributed by atoms with Crippen molar-refractivity contribution >= 4 is 23.6 Å².